The first-order valence-electron chi connectivity index (χ1n) is 5.04. The van der Waals surface area contributed by atoms with Crippen molar-refractivity contribution in [3.8, 4) is 0 Å². The Morgan fingerprint density at radius 3 is 2.78 bits per heavy atom. The second-order valence-corrected chi connectivity index (χ2v) is 5.13. The summed E-state index contributed by atoms with van der Waals surface area (Å²) in [6, 6.07) is -0.694. The maximum absolute atomic E-state index is 11.6. The van der Waals surface area contributed by atoms with Gasteiger partial charge in [0.05, 0.1) is 11.4 Å². The number of aldehydes is 1. The first-order valence-corrected chi connectivity index (χ1v) is 6.51. The van der Waals surface area contributed by atoms with Crippen LogP contribution < -0.4 is 0 Å². The van der Waals surface area contributed by atoms with Gasteiger partial charge in [0.2, 0.25) is 0 Å². The third kappa shape index (κ3) is 2.88. The van der Waals surface area contributed by atoms with E-state index in [1.165, 1.54) is 6.08 Å². The SMILES string of the molecule is C.O=C[C@@H]1CCC2OS(=O)(=O)C=CCOC(=O)N21. The fourth-order valence-corrected chi connectivity index (χ4v) is 2.70. The normalized spacial score (nSPS) is 30.2. The zero-order valence-corrected chi connectivity index (χ0v) is 9.63. The van der Waals surface area contributed by atoms with Crippen LogP contribution in [-0.2, 0) is 23.8 Å². The van der Waals surface area contributed by atoms with Crippen molar-refractivity contribution in [3.05, 3.63) is 11.5 Å². The van der Waals surface area contributed by atoms with Gasteiger partial charge in [0.15, 0.2) is 6.23 Å². The second kappa shape index (κ2) is 5.49. The van der Waals surface area contributed by atoms with Crippen LogP contribution >= 0.6 is 0 Å². The fraction of sp³-hybridized carbons (Fsp3) is 0.600. The molecule has 2 atom stereocenters. The molecule has 18 heavy (non-hydrogen) atoms. The molecule has 0 saturated carbocycles. The van der Waals surface area contributed by atoms with Crippen molar-refractivity contribution < 1.29 is 26.9 Å². The van der Waals surface area contributed by atoms with Gasteiger partial charge in [-0.2, -0.15) is 8.42 Å². The Morgan fingerprint density at radius 2 is 2.11 bits per heavy atom. The molecule has 102 valence electrons. The van der Waals surface area contributed by atoms with Gasteiger partial charge in [-0.3, -0.25) is 4.90 Å². The lowest BCUT2D eigenvalue weighted by molar-refractivity contribution is -0.112. The Labute approximate surface area is 105 Å². The Morgan fingerprint density at radius 1 is 1.39 bits per heavy atom. The fourth-order valence-electron chi connectivity index (χ4n) is 1.82. The van der Waals surface area contributed by atoms with E-state index in [-0.39, 0.29) is 20.5 Å². The zero-order chi connectivity index (χ0) is 12.5. The van der Waals surface area contributed by atoms with Crippen LogP contribution in [-0.4, -0.2) is 44.6 Å². The molecular formula is C10H15NO6S. The average Bonchev–Trinajstić information content (AvgIpc) is 2.66. The van der Waals surface area contributed by atoms with Crippen molar-refractivity contribution in [2.45, 2.75) is 32.5 Å². The molecule has 1 fully saturated rings. The summed E-state index contributed by atoms with van der Waals surface area (Å²) in [6.45, 7) is -0.170. The maximum atomic E-state index is 11.6. The van der Waals surface area contributed by atoms with E-state index in [0.717, 1.165) is 10.3 Å². The summed E-state index contributed by atoms with van der Waals surface area (Å²) in [5, 5.41) is 0.845. The van der Waals surface area contributed by atoms with Gasteiger partial charge in [-0.15, -0.1) is 0 Å². The third-order valence-corrected chi connectivity index (χ3v) is 3.57. The molecule has 2 rings (SSSR count). The van der Waals surface area contributed by atoms with Crippen LogP contribution in [0.4, 0.5) is 4.79 Å². The van der Waals surface area contributed by atoms with Crippen LogP contribution in [0.25, 0.3) is 0 Å². The first kappa shape index (κ1) is 14.7. The van der Waals surface area contributed by atoms with Crippen LogP contribution in [0.15, 0.2) is 11.5 Å². The minimum Gasteiger partial charge on any atom is -0.445 e. The highest BCUT2D eigenvalue weighted by Gasteiger charge is 2.41. The summed E-state index contributed by atoms with van der Waals surface area (Å²) in [4.78, 5) is 23.4. The number of nitrogens with zero attached hydrogens (tertiary/aromatic N) is 1. The average molecular weight is 277 g/mol. The Kier molecular flexibility index (Phi) is 4.47. The minimum atomic E-state index is -3.85. The Bertz CT molecular complexity index is 457. The number of rotatable bonds is 1. The molecule has 1 unspecified atom stereocenters. The number of amides is 1. The summed E-state index contributed by atoms with van der Waals surface area (Å²) < 4.78 is 32.5. The van der Waals surface area contributed by atoms with E-state index >= 15 is 0 Å². The van der Waals surface area contributed by atoms with Gasteiger partial charge >= 0.3 is 6.09 Å². The van der Waals surface area contributed by atoms with Crippen molar-refractivity contribution in [2.75, 3.05) is 6.61 Å². The van der Waals surface area contributed by atoms with E-state index < -0.39 is 28.5 Å². The monoisotopic (exact) mass is 277 g/mol. The number of cyclic esters (lactones) is 1. The van der Waals surface area contributed by atoms with Crippen LogP contribution in [0.1, 0.15) is 20.3 Å². The summed E-state index contributed by atoms with van der Waals surface area (Å²) in [5.41, 5.74) is 0. The predicted octanol–water partition coefficient (Wildman–Crippen LogP) is 0.622. The molecule has 0 radical (unpaired) electrons. The predicted molar refractivity (Wildman–Crippen MR) is 61.9 cm³/mol. The van der Waals surface area contributed by atoms with Crippen molar-refractivity contribution in [2.24, 2.45) is 0 Å². The molecule has 7 nitrogen and oxygen atoms in total. The topological polar surface area (TPSA) is 90.0 Å². The van der Waals surface area contributed by atoms with Crippen molar-refractivity contribution in [1.82, 2.24) is 4.90 Å². The Hall–Kier alpha value is -1.41. The van der Waals surface area contributed by atoms with E-state index in [1.54, 1.807) is 0 Å². The number of hydrogen-bond acceptors (Lipinski definition) is 6. The van der Waals surface area contributed by atoms with Crippen molar-refractivity contribution in [1.29, 1.82) is 0 Å². The minimum absolute atomic E-state index is 0. The quantitative estimate of drug-likeness (QED) is 0.515. The summed E-state index contributed by atoms with van der Waals surface area (Å²) in [6.07, 6.45) is 0.693. The molecule has 1 amide bonds. The molecule has 0 aromatic heterocycles. The molecule has 0 aromatic rings. The van der Waals surface area contributed by atoms with E-state index in [9.17, 15) is 18.0 Å². The Balaban J connectivity index is 0.00000162. The molecular weight excluding hydrogens is 262 g/mol. The molecule has 1 saturated heterocycles. The number of carbonyl (C=O) groups is 2. The number of fused-ring (bicyclic) bond motifs is 1. The van der Waals surface area contributed by atoms with Gasteiger partial charge < -0.3 is 9.53 Å². The number of ether oxygens (including phenoxy) is 1. The lowest BCUT2D eigenvalue weighted by Crippen LogP contribution is -2.43. The molecule has 2 heterocycles. The molecule has 0 N–H and O–H groups in total. The largest absolute Gasteiger partial charge is 0.445 e. The molecule has 0 aliphatic carbocycles. The number of carbonyl (C=O) groups excluding carboxylic acids is 2. The van der Waals surface area contributed by atoms with E-state index in [4.69, 9.17) is 8.92 Å². The smallest absolute Gasteiger partial charge is 0.412 e. The van der Waals surface area contributed by atoms with E-state index in [0.29, 0.717) is 12.7 Å². The lowest BCUT2D eigenvalue weighted by atomic mass is 10.2. The summed E-state index contributed by atoms with van der Waals surface area (Å²) in [5.74, 6) is 0. The van der Waals surface area contributed by atoms with E-state index in [2.05, 4.69) is 0 Å². The third-order valence-electron chi connectivity index (χ3n) is 2.56. The lowest BCUT2D eigenvalue weighted by Gasteiger charge is -2.24. The van der Waals surface area contributed by atoms with Crippen LogP contribution in [0.2, 0.25) is 0 Å². The maximum Gasteiger partial charge on any atom is 0.412 e. The zero-order valence-electron chi connectivity index (χ0n) is 8.81. The summed E-state index contributed by atoms with van der Waals surface area (Å²) in [7, 11) is -3.85. The van der Waals surface area contributed by atoms with Crippen LogP contribution in [0, 0.1) is 0 Å². The highest BCUT2D eigenvalue weighted by molar-refractivity contribution is 7.89. The van der Waals surface area contributed by atoms with Crippen LogP contribution in [0.3, 0.4) is 0 Å². The van der Waals surface area contributed by atoms with Gasteiger partial charge in [0.25, 0.3) is 10.1 Å². The highest BCUT2D eigenvalue weighted by Crippen LogP contribution is 2.27. The first-order chi connectivity index (χ1) is 8.03. The van der Waals surface area contributed by atoms with E-state index in [1.807, 2.05) is 0 Å². The standard InChI is InChI=1S/C9H11NO6S.CH4/c11-6-7-2-3-8-10(7)9(12)15-4-1-5-17(13,14)16-8;/h1,5-8H,2-4H2;1H4/t7-,8?;/m0./s1. The molecule has 8 heteroatoms. The summed E-state index contributed by atoms with van der Waals surface area (Å²) >= 11 is 0. The van der Waals surface area contributed by atoms with Gasteiger partial charge in [0.1, 0.15) is 12.9 Å². The van der Waals surface area contributed by atoms with Gasteiger partial charge in [-0.25, -0.2) is 8.98 Å². The van der Waals surface area contributed by atoms with Crippen molar-refractivity contribution in [3.63, 3.8) is 0 Å². The van der Waals surface area contributed by atoms with Crippen molar-refractivity contribution >= 4 is 22.5 Å². The molecule has 0 aromatic carbocycles. The highest BCUT2D eigenvalue weighted by atomic mass is 32.2. The number of hydrogen-bond donors (Lipinski definition) is 0. The molecule has 2 aliphatic heterocycles. The molecule has 0 spiro atoms. The molecule has 0 bridgehead atoms. The van der Waals surface area contributed by atoms with Crippen LogP contribution in [0.5, 0.6) is 0 Å². The van der Waals surface area contributed by atoms with Gasteiger partial charge in [0, 0.05) is 0 Å². The van der Waals surface area contributed by atoms with Gasteiger partial charge in [-0.1, -0.05) is 7.43 Å². The molecule has 2 aliphatic rings. The second-order valence-electron chi connectivity index (χ2n) is 3.68. The van der Waals surface area contributed by atoms with Gasteiger partial charge in [-0.05, 0) is 18.9 Å².